The molecule has 0 radical (unpaired) electrons. The Balaban J connectivity index is 2.15. The molecular formula is C16H20N4O. The van der Waals surface area contributed by atoms with Crippen LogP contribution >= 0.6 is 0 Å². The summed E-state index contributed by atoms with van der Waals surface area (Å²) in [5, 5.41) is 5.58. The van der Waals surface area contributed by atoms with Crippen LogP contribution in [0, 0.1) is 6.92 Å². The molecule has 2 N–H and O–H groups in total. The number of aryl methyl sites for hydroxylation is 1. The lowest BCUT2D eigenvalue weighted by Gasteiger charge is -2.20. The van der Waals surface area contributed by atoms with E-state index in [4.69, 9.17) is 0 Å². The number of hydrogen-bond acceptors (Lipinski definition) is 3. The minimum absolute atomic E-state index is 0.258. The SMILES string of the molecule is Cc1nc(NC(=O)NC(C)(C)C)ccc1-c1ccncc1. The lowest BCUT2D eigenvalue weighted by atomic mass is 10.1. The lowest BCUT2D eigenvalue weighted by molar-refractivity contribution is 0.243. The molecule has 5 nitrogen and oxygen atoms in total. The third kappa shape index (κ3) is 4.27. The summed E-state index contributed by atoms with van der Waals surface area (Å²) in [5.74, 6) is 0.534. The quantitative estimate of drug-likeness (QED) is 0.888. The molecule has 2 heterocycles. The van der Waals surface area contributed by atoms with E-state index in [1.807, 2.05) is 45.9 Å². The van der Waals surface area contributed by atoms with Crippen LogP contribution in [0.15, 0.2) is 36.7 Å². The molecular weight excluding hydrogens is 264 g/mol. The first-order valence-electron chi connectivity index (χ1n) is 6.82. The highest BCUT2D eigenvalue weighted by Gasteiger charge is 2.14. The molecule has 0 fully saturated rings. The average molecular weight is 284 g/mol. The normalized spacial score (nSPS) is 11.0. The van der Waals surface area contributed by atoms with Crippen LogP contribution < -0.4 is 10.6 Å². The molecule has 21 heavy (non-hydrogen) atoms. The maximum Gasteiger partial charge on any atom is 0.320 e. The van der Waals surface area contributed by atoms with Crippen molar-refractivity contribution in [2.45, 2.75) is 33.2 Å². The van der Waals surface area contributed by atoms with Gasteiger partial charge >= 0.3 is 6.03 Å². The predicted molar refractivity (Wildman–Crippen MR) is 84.1 cm³/mol. The molecule has 0 bridgehead atoms. The minimum atomic E-state index is -0.282. The molecule has 2 rings (SSSR count). The Kier molecular flexibility index (Phi) is 4.21. The van der Waals surface area contributed by atoms with Crippen LogP contribution in [0.1, 0.15) is 26.5 Å². The molecule has 0 saturated carbocycles. The van der Waals surface area contributed by atoms with Crippen molar-refractivity contribution in [3.63, 3.8) is 0 Å². The summed E-state index contributed by atoms with van der Waals surface area (Å²) < 4.78 is 0. The summed E-state index contributed by atoms with van der Waals surface area (Å²) >= 11 is 0. The summed E-state index contributed by atoms with van der Waals surface area (Å²) in [5.41, 5.74) is 2.66. The van der Waals surface area contributed by atoms with E-state index >= 15 is 0 Å². The van der Waals surface area contributed by atoms with Gasteiger partial charge in [0, 0.05) is 29.2 Å². The van der Waals surface area contributed by atoms with Crippen molar-refractivity contribution in [3.8, 4) is 11.1 Å². The van der Waals surface area contributed by atoms with E-state index in [2.05, 4.69) is 20.6 Å². The highest BCUT2D eigenvalue weighted by atomic mass is 16.2. The topological polar surface area (TPSA) is 66.9 Å². The highest BCUT2D eigenvalue weighted by Crippen LogP contribution is 2.22. The van der Waals surface area contributed by atoms with Crippen LogP contribution in [0.4, 0.5) is 10.6 Å². The fourth-order valence-electron chi connectivity index (χ4n) is 1.96. The van der Waals surface area contributed by atoms with Gasteiger partial charge in [-0.1, -0.05) is 0 Å². The Morgan fingerprint density at radius 2 is 1.76 bits per heavy atom. The molecule has 0 aliphatic heterocycles. The van der Waals surface area contributed by atoms with Gasteiger partial charge in [0.2, 0.25) is 0 Å². The molecule has 0 atom stereocenters. The molecule has 2 aromatic heterocycles. The summed E-state index contributed by atoms with van der Waals surface area (Å²) in [6.45, 7) is 7.70. The van der Waals surface area contributed by atoms with Crippen LogP contribution in [-0.4, -0.2) is 21.5 Å². The molecule has 0 unspecified atom stereocenters. The number of hydrogen-bond donors (Lipinski definition) is 2. The number of pyridine rings is 2. The summed E-state index contributed by atoms with van der Waals surface area (Å²) in [6, 6.07) is 7.36. The van der Waals surface area contributed by atoms with Crippen LogP contribution in [0.2, 0.25) is 0 Å². The van der Waals surface area contributed by atoms with E-state index in [-0.39, 0.29) is 11.6 Å². The first-order valence-corrected chi connectivity index (χ1v) is 6.82. The van der Waals surface area contributed by atoms with E-state index in [1.54, 1.807) is 18.5 Å². The second kappa shape index (κ2) is 5.91. The standard InChI is InChI=1S/C16H20N4O/c1-11-13(12-7-9-17-10-8-12)5-6-14(18-11)19-15(21)20-16(2,3)4/h5-10H,1-4H3,(H2,18,19,20,21). The Bertz CT molecular complexity index is 632. The smallest absolute Gasteiger partial charge is 0.320 e. The number of nitrogens with one attached hydrogen (secondary N) is 2. The Labute approximate surface area is 124 Å². The fraction of sp³-hybridized carbons (Fsp3) is 0.312. The number of carbonyl (C=O) groups is 1. The number of urea groups is 1. The van der Waals surface area contributed by atoms with Crippen LogP contribution in [-0.2, 0) is 0 Å². The zero-order valence-electron chi connectivity index (χ0n) is 12.8. The third-order valence-electron chi connectivity index (χ3n) is 2.81. The third-order valence-corrected chi connectivity index (χ3v) is 2.81. The van der Waals surface area contributed by atoms with Gasteiger partial charge in [-0.25, -0.2) is 9.78 Å². The second-order valence-electron chi connectivity index (χ2n) is 5.89. The highest BCUT2D eigenvalue weighted by molar-refractivity contribution is 5.89. The van der Waals surface area contributed by atoms with Gasteiger partial charge in [0.05, 0.1) is 0 Å². The Morgan fingerprint density at radius 3 is 2.33 bits per heavy atom. The molecule has 0 saturated heterocycles. The van der Waals surface area contributed by atoms with E-state index in [0.29, 0.717) is 5.82 Å². The molecule has 0 aliphatic rings. The summed E-state index contributed by atoms with van der Waals surface area (Å²) in [7, 11) is 0. The van der Waals surface area contributed by atoms with Crippen LogP contribution in [0.5, 0.6) is 0 Å². The molecule has 2 amide bonds. The fourth-order valence-corrected chi connectivity index (χ4v) is 1.96. The van der Waals surface area contributed by atoms with Gasteiger partial charge in [-0.2, -0.15) is 0 Å². The number of aromatic nitrogens is 2. The largest absolute Gasteiger partial charge is 0.333 e. The van der Waals surface area contributed by atoms with Gasteiger partial charge in [0.15, 0.2) is 0 Å². The maximum absolute atomic E-state index is 11.8. The van der Waals surface area contributed by atoms with Gasteiger partial charge in [0.1, 0.15) is 5.82 Å². The van der Waals surface area contributed by atoms with Crippen molar-refractivity contribution in [2.75, 3.05) is 5.32 Å². The van der Waals surface area contributed by atoms with E-state index in [9.17, 15) is 4.79 Å². The van der Waals surface area contributed by atoms with E-state index in [0.717, 1.165) is 16.8 Å². The maximum atomic E-state index is 11.8. The van der Waals surface area contributed by atoms with Crippen molar-refractivity contribution >= 4 is 11.8 Å². The van der Waals surface area contributed by atoms with Crippen LogP contribution in [0.3, 0.4) is 0 Å². The first kappa shape index (κ1) is 15.0. The van der Waals surface area contributed by atoms with Crippen LogP contribution in [0.25, 0.3) is 11.1 Å². The van der Waals surface area contributed by atoms with Gasteiger partial charge < -0.3 is 5.32 Å². The molecule has 5 heteroatoms. The zero-order valence-corrected chi connectivity index (χ0v) is 12.8. The van der Waals surface area contributed by atoms with E-state index in [1.165, 1.54) is 0 Å². The number of amides is 2. The molecule has 0 aliphatic carbocycles. The van der Waals surface area contributed by atoms with Crippen molar-refractivity contribution in [2.24, 2.45) is 0 Å². The summed E-state index contributed by atoms with van der Waals surface area (Å²) in [4.78, 5) is 20.3. The minimum Gasteiger partial charge on any atom is -0.333 e. The zero-order chi connectivity index (χ0) is 15.5. The first-order chi connectivity index (χ1) is 9.85. The van der Waals surface area contributed by atoms with Crippen molar-refractivity contribution in [1.29, 1.82) is 0 Å². The van der Waals surface area contributed by atoms with Crippen molar-refractivity contribution in [3.05, 3.63) is 42.4 Å². The van der Waals surface area contributed by atoms with Gasteiger partial charge in [-0.3, -0.25) is 10.3 Å². The number of nitrogens with zero attached hydrogens (tertiary/aromatic N) is 2. The Morgan fingerprint density at radius 1 is 1.10 bits per heavy atom. The molecule has 110 valence electrons. The molecule has 0 aromatic carbocycles. The van der Waals surface area contributed by atoms with E-state index < -0.39 is 0 Å². The number of anilines is 1. The Hall–Kier alpha value is -2.43. The van der Waals surface area contributed by atoms with Gasteiger partial charge in [-0.05, 0) is 57.5 Å². The van der Waals surface area contributed by atoms with Crippen molar-refractivity contribution in [1.82, 2.24) is 15.3 Å². The monoisotopic (exact) mass is 284 g/mol. The second-order valence-corrected chi connectivity index (χ2v) is 5.89. The van der Waals surface area contributed by atoms with Gasteiger partial charge in [-0.15, -0.1) is 0 Å². The number of carbonyl (C=O) groups excluding carboxylic acids is 1. The van der Waals surface area contributed by atoms with Crippen molar-refractivity contribution < 1.29 is 4.79 Å². The average Bonchev–Trinajstić information content (AvgIpc) is 2.37. The molecule has 2 aromatic rings. The number of rotatable bonds is 2. The van der Waals surface area contributed by atoms with Gasteiger partial charge in [0.25, 0.3) is 0 Å². The predicted octanol–water partition coefficient (Wildman–Crippen LogP) is 3.37. The summed E-state index contributed by atoms with van der Waals surface area (Å²) in [6.07, 6.45) is 3.50. The lowest BCUT2D eigenvalue weighted by Crippen LogP contribution is -2.43. The molecule has 0 spiro atoms.